The van der Waals surface area contributed by atoms with Gasteiger partial charge in [-0.05, 0) is 155 Å². The second-order valence-electron chi connectivity index (χ2n) is 19.1. The smallest absolute Gasteiger partial charge is 0.407 e. The average molecular weight is 913 g/mol. The summed E-state index contributed by atoms with van der Waals surface area (Å²) in [6, 6.07) is 12.2. The maximum Gasteiger partial charge on any atom is 0.407 e. The van der Waals surface area contributed by atoms with Gasteiger partial charge in [-0.25, -0.2) is 9.59 Å². The molecule has 0 atom stereocenters. The molecule has 0 radical (unpaired) electrons. The van der Waals surface area contributed by atoms with Gasteiger partial charge in [-0.15, -0.1) is 0 Å². The third kappa shape index (κ3) is 16.1. The Bertz CT molecular complexity index is 1540. The molecule has 2 heterocycles. The number of piperazine rings is 2. The molecule has 2 saturated heterocycles. The van der Waals surface area contributed by atoms with Gasteiger partial charge < -0.3 is 29.9 Å². The number of rotatable bonds is 10. The van der Waals surface area contributed by atoms with Gasteiger partial charge in [-0.2, -0.15) is 0 Å². The zero-order valence-electron chi connectivity index (χ0n) is 36.8. The number of alkyl carbamates (subject to hydrolysis) is 2. The molecule has 0 bridgehead atoms. The molecule has 14 heteroatoms. The molecule has 2 amide bonds. The molecule has 4 aliphatic rings. The number of nitrogens with one attached hydrogen (secondary N) is 2. The Labute approximate surface area is 380 Å². The summed E-state index contributed by atoms with van der Waals surface area (Å²) in [4.78, 5) is 33.7. The van der Waals surface area contributed by atoms with Gasteiger partial charge in [0, 0.05) is 64.4 Å². The number of carbonyl (C=O) groups excluding carboxylic acids is 2. The van der Waals surface area contributed by atoms with Crippen LogP contribution in [0.4, 0.5) is 21.0 Å². The van der Waals surface area contributed by atoms with Crippen molar-refractivity contribution >= 4 is 70.0 Å². The van der Waals surface area contributed by atoms with E-state index in [4.69, 9.17) is 55.9 Å². The highest BCUT2D eigenvalue weighted by Crippen LogP contribution is 2.35. The first-order chi connectivity index (χ1) is 28.4. The predicted molar refractivity (Wildman–Crippen MR) is 250 cm³/mol. The van der Waals surface area contributed by atoms with Crippen LogP contribution in [0.1, 0.15) is 106 Å². The molecular formula is C46H70Cl4N6O4. The Balaban J connectivity index is 0.000000228. The fourth-order valence-electron chi connectivity index (χ4n) is 8.77. The van der Waals surface area contributed by atoms with E-state index < -0.39 is 11.2 Å². The lowest BCUT2D eigenvalue weighted by Gasteiger charge is -2.37. The van der Waals surface area contributed by atoms with Crippen LogP contribution in [-0.4, -0.2) is 111 Å². The Kier molecular flexibility index (Phi) is 18.5. The molecule has 0 aromatic heterocycles. The molecule has 2 N–H and O–H groups in total. The van der Waals surface area contributed by atoms with Gasteiger partial charge in [0.2, 0.25) is 0 Å². The molecule has 0 spiro atoms. The number of amides is 2. The van der Waals surface area contributed by atoms with Crippen LogP contribution in [0.5, 0.6) is 0 Å². The predicted octanol–water partition coefficient (Wildman–Crippen LogP) is 11.2. The van der Waals surface area contributed by atoms with E-state index in [2.05, 4.69) is 30.2 Å². The van der Waals surface area contributed by atoms with Crippen LogP contribution in [0, 0.1) is 11.8 Å². The van der Waals surface area contributed by atoms with Crippen molar-refractivity contribution in [3.63, 3.8) is 0 Å². The number of benzene rings is 2. The maximum absolute atomic E-state index is 11.9. The summed E-state index contributed by atoms with van der Waals surface area (Å²) in [6.45, 7) is 21.8. The summed E-state index contributed by atoms with van der Waals surface area (Å²) in [5, 5.41) is 8.62. The number of carbonyl (C=O) groups is 2. The molecular weight excluding hydrogens is 842 g/mol. The molecule has 336 valence electrons. The minimum Gasteiger partial charge on any atom is -0.444 e. The first kappa shape index (κ1) is 48.7. The van der Waals surface area contributed by atoms with E-state index in [-0.39, 0.29) is 24.3 Å². The Morgan fingerprint density at radius 2 is 0.883 bits per heavy atom. The van der Waals surface area contributed by atoms with E-state index in [0.717, 1.165) is 114 Å². The third-order valence-electron chi connectivity index (χ3n) is 12.1. The van der Waals surface area contributed by atoms with Crippen LogP contribution < -0.4 is 20.4 Å². The van der Waals surface area contributed by atoms with Gasteiger partial charge in [0.05, 0.1) is 31.5 Å². The van der Waals surface area contributed by atoms with Crippen LogP contribution in [0.2, 0.25) is 20.1 Å². The number of anilines is 2. The Morgan fingerprint density at radius 3 is 1.20 bits per heavy atom. The highest BCUT2D eigenvalue weighted by molar-refractivity contribution is 6.44. The fourth-order valence-corrected chi connectivity index (χ4v) is 9.60. The van der Waals surface area contributed by atoms with Crippen molar-refractivity contribution in [2.75, 3.05) is 75.2 Å². The van der Waals surface area contributed by atoms with Gasteiger partial charge in [0.1, 0.15) is 11.2 Å². The van der Waals surface area contributed by atoms with E-state index in [1.807, 2.05) is 77.9 Å². The zero-order valence-corrected chi connectivity index (χ0v) is 39.9. The highest BCUT2D eigenvalue weighted by atomic mass is 35.5. The summed E-state index contributed by atoms with van der Waals surface area (Å²) in [5.41, 5.74) is 1.20. The summed E-state index contributed by atoms with van der Waals surface area (Å²) in [7, 11) is 0. The molecule has 2 saturated carbocycles. The summed E-state index contributed by atoms with van der Waals surface area (Å²) in [6.07, 6.45) is 10.8. The molecule has 6 rings (SSSR count). The van der Waals surface area contributed by atoms with E-state index in [9.17, 15) is 9.59 Å². The maximum atomic E-state index is 11.9. The number of hydrogen-bond donors (Lipinski definition) is 2. The lowest BCUT2D eigenvalue weighted by Crippen LogP contribution is -2.47. The number of halogens is 4. The van der Waals surface area contributed by atoms with E-state index in [1.165, 1.54) is 38.5 Å². The van der Waals surface area contributed by atoms with E-state index in [0.29, 0.717) is 20.1 Å². The molecule has 2 aromatic carbocycles. The van der Waals surface area contributed by atoms with Crippen molar-refractivity contribution in [2.24, 2.45) is 11.8 Å². The standard InChI is InChI=1S/2C23H35Cl2N3O2/c2*1-23(2,3)30-22(29)26-18-9-7-17(8-10-18)11-12-27-13-15-28(16-14-27)20-6-4-5-19(24)21(20)25/h2*4-6,17-18H,7-16H2,1-3H3,(H,26,29). The molecule has 2 aromatic rings. The molecule has 60 heavy (non-hydrogen) atoms. The van der Waals surface area contributed by atoms with E-state index in [1.54, 1.807) is 0 Å². The minimum absolute atomic E-state index is 0.252. The highest BCUT2D eigenvalue weighted by Gasteiger charge is 2.28. The average Bonchev–Trinajstić information content (AvgIpc) is 3.19. The third-order valence-corrected chi connectivity index (χ3v) is 13.7. The van der Waals surface area contributed by atoms with Crippen molar-refractivity contribution in [3.05, 3.63) is 56.5 Å². The minimum atomic E-state index is -0.441. The van der Waals surface area contributed by atoms with Crippen molar-refractivity contribution < 1.29 is 19.1 Å². The van der Waals surface area contributed by atoms with E-state index >= 15 is 0 Å². The number of nitrogens with zero attached hydrogens (tertiary/aromatic N) is 4. The first-order valence-corrected chi connectivity index (χ1v) is 23.7. The molecule has 10 nitrogen and oxygen atoms in total. The second kappa shape index (κ2) is 22.8. The summed E-state index contributed by atoms with van der Waals surface area (Å²) >= 11 is 25.1. The Hall–Kier alpha value is -2.34. The SMILES string of the molecule is CC(C)(C)OC(=O)NC1CCC(CCN2CCN(c3cccc(Cl)c3Cl)CC2)CC1.CC(C)(C)OC(=O)NC1CCC(CCN2CCN(c3cccc(Cl)c3Cl)CC2)CC1. The molecule has 2 aliphatic heterocycles. The van der Waals surface area contributed by atoms with Gasteiger partial charge in [-0.1, -0.05) is 58.5 Å². The fraction of sp³-hybridized carbons (Fsp3) is 0.696. The summed E-state index contributed by atoms with van der Waals surface area (Å²) < 4.78 is 10.7. The first-order valence-electron chi connectivity index (χ1n) is 22.2. The topological polar surface area (TPSA) is 89.6 Å². The molecule has 2 aliphatic carbocycles. The number of ether oxygens (including phenoxy) is 2. The monoisotopic (exact) mass is 910 g/mol. The molecule has 4 fully saturated rings. The van der Waals surface area contributed by atoms with Crippen molar-refractivity contribution in [3.8, 4) is 0 Å². The van der Waals surface area contributed by atoms with Gasteiger partial charge in [-0.3, -0.25) is 9.80 Å². The van der Waals surface area contributed by atoms with Crippen molar-refractivity contribution in [2.45, 2.75) is 129 Å². The number of hydrogen-bond acceptors (Lipinski definition) is 8. The summed E-state index contributed by atoms with van der Waals surface area (Å²) in [5.74, 6) is 1.50. The van der Waals surface area contributed by atoms with Gasteiger partial charge in [0.25, 0.3) is 0 Å². The second-order valence-corrected chi connectivity index (χ2v) is 20.7. The van der Waals surface area contributed by atoms with Crippen molar-refractivity contribution in [1.29, 1.82) is 0 Å². The Morgan fingerprint density at radius 1 is 0.550 bits per heavy atom. The zero-order chi connectivity index (χ0) is 43.5. The van der Waals surface area contributed by atoms with Gasteiger partial charge in [0.15, 0.2) is 0 Å². The van der Waals surface area contributed by atoms with Crippen LogP contribution >= 0.6 is 46.4 Å². The quantitative estimate of drug-likeness (QED) is 0.244. The largest absolute Gasteiger partial charge is 0.444 e. The van der Waals surface area contributed by atoms with Crippen LogP contribution in [0.3, 0.4) is 0 Å². The van der Waals surface area contributed by atoms with Gasteiger partial charge >= 0.3 is 12.2 Å². The normalized spacial score (nSPS) is 23.3. The molecule has 0 unspecified atom stereocenters. The van der Waals surface area contributed by atoms with Crippen LogP contribution in [0.15, 0.2) is 36.4 Å². The van der Waals surface area contributed by atoms with Crippen LogP contribution in [-0.2, 0) is 9.47 Å². The van der Waals surface area contributed by atoms with Crippen LogP contribution in [0.25, 0.3) is 0 Å². The lowest BCUT2D eigenvalue weighted by molar-refractivity contribution is 0.0474. The van der Waals surface area contributed by atoms with Crippen molar-refractivity contribution in [1.82, 2.24) is 20.4 Å². The lowest BCUT2D eigenvalue weighted by atomic mass is 9.84.